The maximum absolute atomic E-state index is 11.4. The van der Waals surface area contributed by atoms with Crippen LogP contribution in [0.4, 0.5) is 0 Å². The van der Waals surface area contributed by atoms with E-state index in [1.807, 2.05) is 0 Å². The molecule has 1 unspecified atom stereocenters. The number of likely N-dealkylation sites (N-methyl/N-ethyl adjacent to an activating group) is 2. The Balaban J connectivity index is 2.81. The van der Waals surface area contributed by atoms with E-state index >= 15 is 0 Å². The number of nitrogens with zero attached hydrogens (tertiary/aromatic N) is 2. The highest BCUT2D eigenvalue weighted by molar-refractivity contribution is 7.80. The number of carbonyl (C=O) groups excluding carboxylic acids is 2. The van der Waals surface area contributed by atoms with Gasteiger partial charge in [-0.15, -0.1) is 0 Å². The van der Waals surface area contributed by atoms with Gasteiger partial charge in [0.15, 0.2) is 11.3 Å². The minimum Gasteiger partial charge on any atom is -0.328 e. The SMILES string of the molecule is CC(=O)NC1C(=O)N(C)C(=S)N1C. The third-order valence-corrected chi connectivity index (χ3v) is 2.44. The second kappa shape index (κ2) is 3.29. The van der Waals surface area contributed by atoms with Gasteiger partial charge in [0, 0.05) is 21.0 Å². The molecule has 2 amide bonds. The van der Waals surface area contributed by atoms with E-state index in [1.165, 1.54) is 11.8 Å². The minimum absolute atomic E-state index is 0.206. The molecule has 0 aromatic carbocycles. The lowest BCUT2D eigenvalue weighted by molar-refractivity contribution is -0.131. The normalized spacial score (nSPS) is 22.5. The first-order valence-corrected chi connectivity index (χ1v) is 4.17. The van der Waals surface area contributed by atoms with Crippen LogP contribution in [0.1, 0.15) is 6.92 Å². The van der Waals surface area contributed by atoms with Gasteiger partial charge in [-0.25, -0.2) is 0 Å². The fourth-order valence-corrected chi connectivity index (χ4v) is 1.34. The van der Waals surface area contributed by atoms with Crippen molar-refractivity contribution in [1.29, 1.82) is 0 Å². The van der Waals surface area contributed by atoms with Crippen LogP contribution in [0.2, 0.25) is 0 Å². The maximum Gasteiger partial charge on any atom is 0.272 e. The van der Waals surface area contributed by atoms with E-state index in [0.717, 1.165) is 0 Å². The molecular weight excluding hydrogens is 190 g/mol. The van der Waals surface area contributed by atoms with E-state index < -0.39 is 6.17 Å². The summed E-state index contributed by atoms with van der Waals surface area (Å²) in [7, 11) is 3.26. The molecule has 0 radical (unpaired) electrons. The molecule has 0 bridgehead atoms. The summed E-state index contributed by atoms with van der Waals surface area (Å²) in [4.78, 5) is 25.1. The van der Waals surface area contributed by atoms with Crippen molar-refractivity contribution in [2.75, 3.05) is 14.1 Å². The second-order valence-electron chi connectivity index (χ2n) is 2.89. The van der Waals surface area contributed by atoms with Gasteiger partial charge >= 0.3 is 0 Å². The Morgan fingerprint density at radius 2 is 2.08 bits per heavy atom. The Morgan fingerprint density at radius 3 is 2.38 bits per heavy atom. The molecule has 1 fully saturated rings. The van der Waals surface area contributed by atoms with Gasteiger partial charge in [0.1, 0.15) is 0 Å². The van der Waals surface area contributed by atoms with Gasteiger partial charge in [-0.3, -0.25) is 14.5 Å². The summed E-state index contributed by atoms with van der Waals surface area (Å²) in [6, 6.07) is 0. The summed E-state index contributed by atoms with van der Waals surface area (Å²) in [6.45, 7) is 1.36. The molecule has 0 aromatic heterocycles. The molecule has 1 N–H and O–H groups in total. The summed E-state index contributed by atoms with van der Waals surface area (Å²) < 4.78 is 0. The average Bonchev–Trinajstić information content (AvgIpc) is 2.22. The molecule has 13 heavy (non-hydrogen) atoms. The van der Waals surface area contributed by atoms with Crippen LogP contribution in [0.15, 0.2) is 0 Å². The summed E-state index contributed by atoms with van der Waals surface area (Å²) in [5.41, 5.74) is 0. The van der Waals surface area contributed by atoms with Crippen molar-refractivity contribution in [1.82, 2.24) is 15.1 Å². The Labute approximate surface area is 81.7 Å². The van der Waals surface area contributed by atoms with Crippen LogP contribution in [0.3, 0.4) is 0 Å². The van der Waals surface area contributed by atoms with Crippen molar-refractivity contribution >= 4 is 29.1 Å². The van der Waals surface area contributed by atoms with E-state index in [9.17, 15) is 9.59 Å². The minimum atomic E-state index is -0.644. The molecule has 72 valence electrons. The largest absolute Gasteiger partial charge is 0.328 e. The molecule has 1 saturated heterocycles. The number of hydrogen-bond donors (Lipinski definition) is 1. The van der Waals surface area contributed by atoms with E-state index in [4.69, 9.17) is 12.2 Å². The van der Waals surface area contributed by atoms with Crippen LogP contribution in [-0.4, -0.2) is 47.0 Å². The van der Waals surface area contributed by atoms with Crippen molar-refractivity contribution < 1.29 is 9.59 Å². The quantitative estimate of drug-likeness (QED) is 0.561. The van der Waals surface area contributed by atoms with Crippen LogP contribution in [0.5, 0.6) is 0 Å². The van der Waals surface area contributed by atoms with Crippen LogP contribution in [-0.2, 0) is 9.59 Å². The molecule has 0 aromatic rings. The molecule has 1 aliphatic rings. The summed E-state index contributed by atoms with van der Waals surface area (Å²) >= 11 is 4.95. The molecule has 1 aliphatic heterocycles. The van der Waals surface area contributed by atoms with Crippen LogP contribution >= 0.6 is 12.2 Å². The van der Waals surface area contributed by atoms with Gasteiger partial charge in [0.25, 0.3) is 5.91 Å². The fourth-order valence-electron chi connectivity index (χ4n) is 1.14. The van der Waals surface area contributed by atoms with Crippen LogP contribution in [0.25, 0.3) is 0 Å². The lowest BCUT2D eigenvalue weighted by Gasteiger charge is -2.17. The number of hydrogen-bond acceptors (Lipinski definition) is 3. The van der Waals surface area contributed by atoms with Crippen molar-refractivity contribution in [3.63, 3.8) is 0 Å². The van der Waals surface area contributed by atoms with E-state index in [-0.39, 0.29) is 11.8 Å². The summed E-state index contributed by atoms with van der Waals surface area (Å²) in [6.07, 6.45) is -0.644. The smallest absolute Gasteiger partial charge is 0.272 e. The Hall–Kier alpha value is -1.17. The van der Waals surface area contributed by atoms with Crippen LogP contribution in [0, 0.1) is 0 Å². The Morgan fingerprint density at radius 1 is 1.54 bits per heavy atom. The topological polar surface area (TPSA) is 52.7 Å². The van der Waals surface area contributed by atoms with E-state index in [0.29, 0.717) is 5.11 Å². The van der Waals surface area contributed by atoms with Crippen LogP contribution < -0.4 is 5.32 Å². The van der Waals surface area contributed by atoms with E-state index in [2.05, 4.69) is 5.32 Å². The lowest BCUT2D eigenvalue weighted by atomic mass is 10.4. The number of rotatable bonds is 1. The molecule has 0 spiro atoms. The van der Waals surface area contributed by atoms with Gasteiger partial charge in [0.2, 0.25) is 5.91 Å². The predicted octanol–water partition coefficient (Wildman–Crippen LogP) is -0.863. The molecule has 0 aliphatic carbocycles. The van der Waals surface area contributed by atoms with Gasteiger partial charge in [-0.2, -0.15) is 0 Å². The monoisotopic (exact) mass is 201 g/mol. The lowest BCUT2D eigenvalue weighted by Crippen LogP contribution is -2.46. The first-order valence-electron chi connectivity index (χ1n) is 3.76. The van der Waals surface area contributed by atoms with Crippen molar-refractivity contribution in [3.05, 3.63) is 0 Å². The highest BCUT2D eigenvalue weighted by Gasteiger charge is 2.38. The van der Waals surface area contributed by atoms with Gasteiger partial charge in [-0.05, 0) is 12.2 Å². The zero-order valence-corrected chi connectivity index (χ0v) is 8.51. The van der Waals surface area contributed by atoms with Gasteiger partial charge in [-0.1, -0.05) is 0 Å². The van der Waals surface area contributed by atoms with Crippen molar-refractivity contribution in [2.24, 2.45) is 0 Å². The summed E-state index contributed by atoms with van der Waals surface area (Å²) in [5, 5.41) is 2.93. The molecule has 1 rings (SSSR count). The van der Waals surface area contributed by atoms with Gasteiger partial charge in [0.05, 0.1) is 0 Å². The molecular formula is C7H11N3O2S. The molecule has 5 nitrogen and oxygen atoms in total. The zero-order chi connectivity index (χ0) is 10.2. The molecule has 0 saturated carbocycles. The first kappa shape index (κ1) is 9.91. The number of carbonyl (C=O) groups is 2. The predicted molar refractivity (Wildman–Crippen MR) is 50.7 cm³/mol. The number of thiocarbonyl (C=S) groups is 1. The third-order valence-electron chi connectivity index (χ3n) is 1.88. The van der Waals surface area contributed by atoms with Crippen molar-refractivity contribution in [3.8, 4) is 0 Å². The fraction of sp³-hybridized carbons (Fsp3) is 0.571. The zero-order valence-electron chi connectivity index (χ0n) is 7.70. The number of nitrogens with one attached hydrogen (secondary N) is 1. The standard InChI is InChI=1S/C7H11N3O2S/c1-4(11)8-5-6(12)10(3)7(13)9(5)2/h5H,1-3H3,(H,8,11). The van der Waals surface area contributed by atoms with Crippen molar-refractivity contribution in [2.45, 2.75) is 13.1 Å². The average molecular weight is 201 g/mol. The van der Waals surface area contributed by atoms with E-state index in [1.54, 1.807) is 19.0 Å². The van der Waals surface area contributed by atoms with Gasteiger partial charge < -0.3 is 10.2 Å². The second-order valence-corrected chi connectivity index (χ2v) is 3.26. The molecule has 1 heterocycles. The summed E-state index contributed by atoms with van der Waals surface area (Å²) in [5.74, 6) is -0.453. The maximum atomic E-state index is 11.4. The highest BCUT2D eigenvalue weighted by Crippen LogP contribution is 2.11. The third kappa shape index (κ3) is 1.62. The Bertz CT molecular complexity index is 279. The highest BCUT2D eigenvalue weighted by atomic mass is 32.1. The molecule has 1 atom stereocenters. The number of amides is 2. The Kier molecular flexibility index (Phi) is 2.51. The first-order chi connectivity index (χ1) is 5.95. The molecule has 6 heteroatoms.